The molecule has 3 fully saturated rings. The van der Waals surface area contributed by atoms with Crippen LogP contribution < -0.4 is 9.64 Å². The minimum atomic E-state index is -1.38. The van der Waals surface area contributed by atoms with E-state index in [4.69, 9.17) is 21.1 Å². The van der Waals surface area contributed by atoms with E-state index in [9.17, 15) is 33.5 Å². The molecule has 224 valence electrons. The van der Waals surface area contributed by atoms with Gasteiger partial charge >= 0.3 is 6.09 Å². The number of fused-ring (bicyclic) bond motifs is 4. The number of anilines is 1. The van der Waals surface area contributed by atoms with Crippen molar-refractivity contribution in [3.8, 4) is 5.75 Å². The van der Waals surface area contributed by atoms with Gasteiger partial charge in [-0.25, -0.2) is 14.1 Å². The van der Waals surface area contributed by atoms with E-state index in [1.165, 1.54) is 12.1 Å². The molecule has 2 aliphatic heterocycles. The number of halogens is 2. The molecule has 6 atom stereocenters. The van der Waals surface area contributed by atoms with Crippen molar-refractivity contribution < 1.29 is 42.9 Å². The molecular formula is C31H28ClFN2O8. The predicted octanol–water partition coefficient (Wildman–Crippen LogP) is 3.85. The molecule has 0 aromatic heterocycles. The summed E-state index contributed by atoms with van der Waals surface area (Å²) in [4.78, 5) is 69.4. The van der Waals surface area contributed by atoms with Crippen LogP contribution in [0.25, 0.3) is 0 Å². The number of rotatable bonds is 5. The molecule has 2 saturated heterocycles. The van der Waals surface area contributed by atoms with Crippen LogP contribution in [0.15, 0.2) is 54.1 Å². The minimum absolute atomic E-state index is 0.0226. The second kappa shape index (κ2) is 10.6. The fourth-order valence-electron chi connectivity index (χ4n) is 7.51. The van der Waals surface area contributed by atoms with Gasteiger partial charge in [-0.15, -0.1) is 0 Å². The topological polar surface area (TPSA) is 131 Å². The number of benzene rings is 2. The second-order valence-corrected chi connectivity index (χ2v) is 11.8. The Morgan fingerprint density at radius 2 is 1.84 bits per heavy atom. The number of likely N-dealkylation sites (tertiary alicyclic amines) is 1. The average molecular weight is 611 g/mol. The standard InChI is InChI=1S/C31H28ClFN2O8/c1-31-20(27(38)34(29(31)40)15-7-10-22(33)21(32)13-15)14-19-16(25(31)17-5-3-4-6-23(17)43-12-11-36)8-9-18-24(19)28(39)35(26(18)37)30(41)42-2/h3-8,10,13,18-20,24-25,36H,9,11-12,14H2,1-2H3. The van der Waals surface area contributed by atoms with Crippen LogP contribution in [0.4, 0.5) is 14.9 Å². The van der Waals surface area contributed by atoms with Crippen LogP contribution in [0.2, 0.25) is 5.02 Å². The fourth-order valence-corrected chi connectivity index (χ4v) is 7.68. The molecule has 10 nitrogen and oxygen atoms in total. The maximum Gasteiger partial charge on any atom is 0.423 e. The molecule has 43 heavy (non-hydrogen) atoms. The van der Waals surface area contributed by atoms with Gasteiger partial charge in [-0.05, 0) is 49.9 Å². The van der Waals surface area contributed by atoms with Crippen LogP contribution in [-0.2, 0) is 23.9 Å². The molecule has 1 N–H and O–H groups in total. The zero-order chi connectivity index (χ0) is 30.8. The summed E-state index contributed by atoms with van der Waals surface area (Å²) in [6.45, 7) is 1.41. The van der Waals surface area contributed by atoms with Gasteiger partial charge in [0, 0.05) is 11.5 Å². The third-order valence-electron chi connectivity index (χ3n) is 9.37. The van der Waals surface area contributed by atoms with Gasteiger partial charge < -0.3 is 14.6 Å². The largest absolute Gasteiger partial charge is 0.491 e. The molecule has 4 aliphatic rings. The summed E-state index contributed by atoms with van der Waals surface area (Å²) >= 11 is 6.03. The zero-order valence-electron chi connectivity index (χ0n) is 23.3. The van der Waals surface area contributed by atoms with Crippen molar-refractivity contribution >= 4 is 47.0 Å². The summed E-state index contributed by atoms with van der Waals surface area (Å²) < 4.78 is 24.6. The lowest BCUT2D eigenvalue weighted by atomic mass is 9.51. The number of allylic oxidation sites excluding steroid dienone is 2. The van der Waals surface area contributed by atoms with E-state index in [0.29, 0.717) is 21.8 Å². The number of para-hydroxylation sites is 1. The lowest BCUT2D eigenvalue weighted by Gasteiger charge is -2.49. The number of nitrogens with zero attached hydrogens (tertiary/aromatic N) is 2. The summed E-state index contributed by atoms with van der Waals surface area (Å²) in [5, 5.41) is 9.20. The molecule has 12 heteroatoms. The van der Waals surface area contributed by atoms with Gasteiger partial charge in [0.05, 0.1) is 47.6 Å². The first-order valence-electron chi connectivity index (χ1n) is 13.9. The molecule has 0 radical (unpaired) electrons. The second-order valence-electron chi connectivity index (χ2n) is 11.4. The maximum atomic E-state index is 14.4. The van der Waals surface area contributed by atoms with E-state index < -0.39 is 70.5 Å². The summed E-state index contributed by atoms with van der Waals surface area (Å²) in [5.74, 6) is -6.92. The predicted molar refractivity (Wildman–Crippen MR) is 149 cm³/mol. The van der Waals surface area contributed by atoms with Gasteiger partial charge in [0.25, 0.3) is 0 Å². The lowest BCUT2D eigenvalue weighted by Crippen LogP contribution is -2.49. The smallest absolute Gasteiger partial charge is 0.423 e. The molecule has 5 amide bonds. The number of imide groups is 4. The Labute approximate surface area is 251 Å². The van der Waals surface area contributed by atoms with E-state index in [1.807, 2.05) is 6.08 Å². The number of carbonyl (C=O) groups excluding carboxylic acids is 5. The van der Waals surface area contributed by atoms with Crippen LogP contribution in [0, 0.1) is 34.9 Å². The highest BCUT2D eigenvalue weighted by Crippen LogP contribution is 2.64. The highest BCUT2D eigenvalue weighted by atomic mass is 35.5. The van der Waals surface area contributed by atoms with Crippen molar-refractivity contribution in [1.82, 2.24) is 4.90 Å². The van der Waals surface area contributed by atoms with Crippen LogP contribution in [-0.4, -0.2) is 60.1 Å². The number of hydrogen-bond acceptors (Lipinski definition) is 8. The normalized spacial score (nSPS) is 29.7. The van der Waals surface area contributed by atoms with E-state index in [0.717, 1.165) is 18.1 Å². The lowest BCUT2D eigenvalue weighted by molar-refractivity contribution is -0.138. The van der Waals surface area contributed by atoms with Gasteiger partial charge in [0.1, 0.15) is 18.2 Å². The third kappa shape index (κ3) is 4.12. The third-order valence-corrected chi connectivity index (χ3v) is 9.66. The van der Waals surface area contributed by atoms with E-state index in [2.05, 4.69) is 0 Å². The Balaban J connectivity index is 1.53. The van der Waals surface area contributed by atoms with Crippen LogP contribution in [0.1, 0.15) is 31.2 Å². The van der Waals surface area contributed by atoms with Crippen LogP contribution >= 0.6 is 11.6 Å². The number of ether oxygens (including phenoxy) is 2. The molecule has 2 aromatic rings. The molecule has 6 unspecified atom stereocenters. The van der Waals surface area contributed by atoms with Crippen molar-refractivity contribution in [2.45, 2.75) is 25.7 Å². The first-order valence-corrected chi connectivity index (χ1v) is 14.3. The Morgan fingerprint density at radius 1 is 1.09 bits per heavy atom. The van der Waals surface area contributed by atoms with Crippen molar-refractivity contribution in [3.05, 3.63) is 70.5 Å². The first kappa shape index (κ1) is 29.0. The molecule has 0 spiro atoms. The summed E-state index contributed by atoms with van der Waals surface area (Å²) in [6.07, 6.45) is 0.966. The monoisotopic (exact) mass is 610 g/mol. The van der Waals surface area contributed by atoms with E-state index in [1.54, 1.807) is 31.2 Å². The molecular weight excluding hydrogens is 583 g/mol. The molecule has 2 aromatic carbocycles. The summed E-state index contributed by atoms with van der Waals surface area (Å²) in [6, 6.07) is 10.6. The number of carbonyl (C=O) groups is 5. The molecule has 2 aliphatic carbocycles. The van der Waals surface area contributed by atoms with Crippen molar-refractivity contribution in [3.63, 3.8) is 0 Å². The van der Waals surface area contributed by atoms with Gasteiger partial charge in [-0.2, -0.15) is 4.90 Å². The minimum Gasteiger partial charge on any atom is -0.491 e. The van der Waals surface area contributed by atoms with Gasteiger partial charge in [0.2, 0.25) is 23.6 Å². The number of amides is 5. The highest BCUT2D eigenvalue weighted by Gasteiger charge is 2.68. The number of methoxy groups -OCH3 is 1. The van der Waals surface area contributed by atoms with Gasteiger partial charge in [0.15, 0.2) is 0 Å². The Kier molecular flexibility index (Phi) is 7.13. The molecule has 2 heterocycles. The summed E-state index contributed by atoms with van der Waals surface area (Å²) in [5.41, 5.74) is -0.00787. The first-order chi connectivity index (χ1) is 20.6. The van der Waals surface area contributed by atoms with Gasteiger partial charge in [-0.3, -0.25) is 19.2 Å². The zero-order valence-corrected chi connectivity index (χ0v) is 24.0. The maximum absolute atomic E-state index is 14.4. The number of aliphatic hydroxyl groups is 1. The fraction of sp³-hybridized carbons (Fsp3) is 0.387. The Hall–Kier alpha value is -4.09. The quantitative estimate of drug-likeness (QED) is 0.399. The number of aliphatic hydroxyl groups excluding tert-OH is 1. The molecule has 1 saturated carbocycles. The van der Waals surface area contributed by atoms with E-state index in [-0.39, 0.29) is 36.8 Å². The molecule has 0 bridgehead atoms. The molecule has 6 rings (SSSR count). The van der Waals surface area contributed by atoms with Crippen molar-refractivity contribution in [2.24, 2.45) is 29.1 Å². The van der Waals surface area contributed by atoms with Crippen LogP contribution in [0.5, 0.6) is 5.75 Å². The average Bonchev–Trinajstić information content (AvgIpc) is 3.37. The number of hydrogen-bond donors (Lipinski definition) is 1. The summed E-state index contributed by atoms with van der Waals surface area (Å²) in [7, 11) is 1.08. The van der Waals surface area contributed by atoms with Crippen molar-refractivity contribution in [2.75, 3.05) is 25.2 Å². The van der Waals surface area contributed by atoms with Crippen LogP contribution in [0.3, 0.4) is 0 Å². The SMILES string of the molecule is COC(=O)N1C(=O)C2CC=C3C(CC4C(=O)N(c5ccc(F)c(Cl)c5)C(=O)C4(C)C3c3ccccc3OCCO)C2C1=O. The van der Waals surface area contributed by atoms with Gasteiger partial charge in [-0.1, -0.05) is 41.4 Å². The van der Waals surface area contributed by atoms with E-state index >= 15 is 0 Å². The Bertz CT molecular complexity index is 1610. The highest BCUT2D eigenvalue weighted by molar-refractivity contribution is 6.31. The Morgan fingerprint density at radius 3 is 2.53 bits per heavy atom. The van der Waals surface area contributed by atoms with Crippen molar-refractivity contribution in [1.29, 1.82) is 0 Å².